The molecule has 0 radical (unpaired) electrons. The number of aliphatic carboxylic acids is 1. The molecule has 1 aromatic carbocycles. The summed E-state index contributed by atoms with van der Waals surface area (Å²) in [4.78, 5) is 21.8. The fraction of sp³-hybridized carbons (Fsp3) is 0.273. The van der Waals surface area contributed by atoms with E-state index in [0.29, 0.717) is 5.69 Å². The molecule has 0 saturated heterocycles. The van der Waals surface area contributed by atoms with E-state index in [1.165, 1.54) is 18.2 Å². The highest BCUT2D eigenvalue weighted by atomic mass is 32.2. The number of halogens is 1. The average molecular weight is 272 g/mol. The molecule has 0 aromatic heterocycles. The average Bonchev–Trinajstić information content (AvgIpc) is 2.28. The number of quaternary nitrogens is 1. The molecule has 0 aliphatic carbocycles. The third kappa shape index (κ3) is 5.15. The Morgan fingerprint density at radius 3 is 2.83 bits per heavy atom. The quantitative estimate of drug-likeness (QED) is 0.684. The Balaban J connectivity index is 2.32. The van der Waals surface area contributed by atoms with Gasteiger partial charge in [-0.25, -0.2) is 4.39 Å². The fourth-order valence-corrected chi connectivity index (χ4v) is 1.92. The highest BCUT2D eigenvalue weighted by Crippen LogP contribution is 2.10. The van der Waals surface area contributed by atoms with Crippen LogP contribution in [0.1, 0.15) is 0 Å². The Morgan fingerprint density at radius 1 is 1.50 bits per heavy atom. The second kappa shape index (κ2) is 6.97. The second-order valence-electron chi connectivity index (χ2n) is 3.59. The van der Waals surface area contributed by atoms with Gasteiger partial charge in [0, 0.05) is 5.69 Å². The molecule has 98 valence electrons. The van der Waals surface area contributed by atoms with Crippen molar-refractivity contribution in [3.63, 3.8) is 0 Å². The zero-order chi connectivity index (χ0) is 13.5. The monoisotopic (exact) mass is 272 g/mol. The molecule has 18 heavy (non-hydrogen) atoms. The van der Waals surface area contributed by atoms with E-state index in [4.69, 9.17) is 0 Å². The fourth-order valence-electron chi connectivity index (χ4n) is 1.13. The van der Waals surface area contributed by atoms with Crippen molar-refractivity contribution in [2.75, 3.05) is 16.8 Å². The number of thioether (sulfide) groups is 1. The SMILES string of the molecule is [NH3+][C@@H](CSCC(=O)Nc1cccc(F)c1)C(=O)[O-]. The van der Waals surface area contributed by atoms with Crippen LogP contribution in [0.15, 0.2) is 24.3 Å². The van der Waals surface area contributed by atoms with E-state index in [2.05, 4.69) is 11.1 Å². The number of hydrogen-bond acceptors (Lipinski definition) is 4. The van der Waals surface area contributed by atoms with Gasteiger partial charge in [0.25, 0.3) is 0 Å². The van der Waals surface area contributed by atoms with Crippen molar-refractivity contribution in [3.8, 4) is 0 Å². The summed E-state index contributed by atoms with van der Waals surface area (Å²) < 4.78 is 12.8. The minimum Gasteiger partial charge on any atom is -0.544 e. The largest absolute Gasteiger partial charge is 0.544 e. The molecule has 1 amide bonds. The third-order valence-electron chi connectivity index (χ3n) is 1.99. The summed E-state index contributed by atoms with van der Waals surface area (Å²) >= 11 is 1.13. The standard InChI is InChI=1S/C11H13FN2O3S/c12-7-2-1-3-8(4-7)14-10(15)6-18-5-9(13)11(16)17/h1-4,9H,5-6,13H2,(H,14,15)(H,16,17)/t9-/m0/s1. The molecule has 0 fully saturated rings. The topological polar surface area (TPSA) is 96.9 Å². The van der Waals surface area contributed by atoms with E-state index in [0.717, 1.165) is 11.8 Å². The van der Waals surface area contributed by atoms with E-state index < -0.39 is 17.8 Å². The van der Waals surface area contributed by atoms with Crippen LogP contribution in [-0.2, 0) is 9.59 Å². The van der Waals surface area contributed by atoms with Gasteiger partial charge in [0.15, 0.2) is 0 Å². The maximum atomic E-state index is 12.8. The van der Waals surface area contributed by atoms with Crippen LogP contribution in [0, 0.1) is 5.82 Å². The molecule has 7 heteroatoms. The lowest BCUT2D eigenvalue weighted by atomic mass is 10.3. The summed E-state index contributed by atoms with van der Waals surface area (Å²) in [7, 11) is 0. The second-order valence-corrected chi connectivity index (χ2v) is 4.62. The van der Waals surface area contributed by atoms with Gasteiger partial charge in [-0.05, 0) is 18.2 Å². The molecule has 0 spiro atoms. The van der Waals surface area contributed by atoms with Gasteiger partial charge in [0.05, 0.1) is 17.5 Å². The number of benzene rings is 1. The van der Waals surface area contributed by atoms with Gasteiger partial charge in [-0.1, -0.05) is 6.07 Å². The van der Waals surface area contributed by atoms with Gasteiger partial charge < -0.3 is 21.0 Å². The number of carboxylic acids is 1. The molecule has 0 heterocycles. The van der Waals surface area contributed by atoms with Crippen molar-refractivity contribution >= 4 is 29.3 Å². The van der Waals surface area contributed by atoms with Crippen molar-refractivity contribution < 1.29 is 24.8 Å². The highest BCUT2D eigenvalue weighted by Gasteiger charge is 2.09. The van der Waals surface area contributed by atoms with Gasteiger partial charge in [0.2, 0.25) is 5.91 Å². The summed E-state index contributed by atoms with van der Waals surface area (Å²) in [6, 6.07) is 4.68. The normalized spacial score (nSPS) is 11.9. The first-order chi connectivity index (χ1) is 8.49. The number of carbonyl (C=O) groups is 2. The summed E-state index contributed by atoms with van der Waals surface area (Å²) in [6.45, 7) is 0. The van der Waals surface area contributed by atoms with Crippen molar-refractivity contribution in [2.24, 2.45) is 0 Å². The summed E-state index contributed by atoms with van der Waals surface area (Å²) in [5.41, 5.74) is 3.73. The predicted octanol–water partition coefficient (Wildman–Crippen LogP) is -1.14. The van der Waals surface area contributed by atoms with Crippen LogP contribution in [0.25, 0.3) is 0 Å². The Kier molecular flexibility index (Phi) is 5.60. The Hall–Kier alpha value is -1.60. The van der Waals surface area contributed by atoms with Crippen LogP contribution < -0.4 is 16.2 Å². The molecule has 4 N–H and O–H groups in total. The lowest BCUT2D eigenvalue weighted by molar-refractivity contribution is -0.431. The first-order valence-electron chi connectivity index (χ1n) is 5.16. The van der Waals surface area contributed by atoms with E-state index in [1.54, 1.807) is 6.07 Å². The van der Waals surface area contributed by atoms with Crippen LogP contribution >= 0.6 is 11.8 Å². The summed E-state index contributed by atoms with van der Waals surface area (Å²) in [5, 5.41) is 12.9. The molecule has 0 aliphatic heterocycles. The summed E-state index contributed by atoms with van der Waals surface area (Å²) in [5.74, 6) is -1.73. The number of rotatable bonds is 6. The van der Waals surface area contributed by atoms with Gasteiger partial charge >= 0.3 is 0 Å². The predicted molar refractivity (Wildman–Crippen MR) is 64.0 cm³/mol. The van der Waals surface area contributed by atoms with Gasteiger partial charge in [-0.2, -0.15) is 0 Å². The third-order valence-corrected chi connectivity index (χ3v) is 3.10. The van der Waals surface area contributed by atoms with E-state index in [9.17, 15) is 19.1 Å². The molecule has 0 unspecified atom stereocenters. The number of hydrogen-bond donors (Lipinski definition) is 2. The number of amides is 1. The molecule has 5 nitrogen and oxygen atoms in total. The molecule has 0 aliphatic rings. The van der Waals surface area contributed by atoms with Crippen molar-refractivity contribution in [3.05, 3.63) is 30.1 Å². The van der Waals surface area contributed by atoms with Crippen molar-refractivity contribution in [1.82, 2.24) is 0 Å². The molecule has 0 saturated carbocycles. The lowest BCUT2D eigenvalue weighted by Gasteiger charge is -2.09. The number of carbonyl (C=O) groups excluding carboxylic acids is 2. The number of nitrogens with one attached hydrogen (secondary N) is 1. The smallest absolute Gasteiger partial charge is 0.234 e. The molecular formula is C11H13FN2O3S. The highest BCUT2D eigenvalue weighted by molar-refractivity contribution is 8.00. The van der Waals surface area contributed by atoms with E-state index >= 15 is 0 Å². The van der Waals surface area contributed by atoms with E-state index in [1.807, 2.05) is 0 Å². The first-order valence-corrected chi connectivity index (χ1v) is 6.31. The zero-order valence-electron chi connectivity index (χ0n) is 9.52. The summed E-state index contributed by atoms with van der Waals surface area (Å²) in [6.07, 6.45) is 0. The van der Waals surface area contributed by atoms with Crippen LogP contribution in [-0.4, -0.2) is 29.4 Å². The first kappa shape index (κ1) is 14.5. The Bertz CT molecular complexity index is 442. The van der Waals surface area contributed by atoms with Crippen LogP contribution in [0.5, 0.6) is 0 Å². The maximum absolute atomic E-state index is 12.8. The number of anilines is 1. The van der Waals surface area contributed by atoms with Crippen LogP contribution in [0.3, 0.4) is 0 Å². The molecular weight excluding hydrogens is 259 g/mol. The van der Waals surface area contributed by atoms with Gasteiger partial charge in [-0.15, -0.1) is 11.8 Å². The zero-order valence-corrected chi connectivity index (χ0v) is 10.3. The molecule has 1 atom stereocenters. The maximum Gasteiger partial charge on any atom is 0.234 e. The lowest BCUT2D eigenvalue weighted by Crippen LogP contribution is -2.69. The number of carboxylic acid groups (broad SMARTS) is 1. The molecule has 1 rings (SSSR count). The molecule has 0 bridgehead atoms. The van der Waals surface area contributed by atoms with Crippen molar-refractivity contribution in [1.29, 1.82) is 0 Å². The minimum atomic E-state index is -1.24. The molecule has 1 aromatic rings. The van der Waals surface area contributed by atoms with Crippen LogP contribution in [0.4, 0.5) is 10.1 Å². The Morgan fingerprint density at radius 2 is 2.22 bits per heavy atom. The van der Waals surface area contributed by atoms with Gasteiger partial charge in [-0.3, -0.25) is 4.79 Å². The Labute approximate surface area is 108 Å². The van der Waals surface area contributed by atoms with Crippen LogP contribution in [0.2, 0.25) is 0 Å². The minimum absolute atomic E-state index is 0.0792. The van der Waals surface area contributed by atoms with E-state index in [-0.39, 0.29) is 17.4 Å². The van der Waals surface area contributed by atoms with Gasteiger partial charge in [0.1, 0.15) is 11.9 Å². The van der Waals surface area contributed by atoms with Crippen molar-refractivity contribution in [2.45, 2.75) is 6.04 Å².